The third kappa shape index (κ3) is 5.88. The van der Waals surface area contributed by atoms with Gasteiger partial charge in [-0.1, -0.05) is 24.4 Å². The quantitative estimate of drug-likeness (QED) is 0.492. The highest BCUT2D eigenvalue weighted by atomic mass is 35.5. The molecular weight excluding hydrogens is 442 g/mol. The van der Waals surface area contributed by atoms with Crippen LogP contribution in [0.4, 0.5) is 0 Å². The molecule has 176 valence electrons. The van der Waals surface area contributed by atoms with Gasteiger partial charge in [0.25, 0.3) is 0 Å². The van der Waals surface area contributed by atoms with Crippen molar-refractivity contribution in [1.82, 2.24) is 4.90 Å². The number of hydrogen-bond donors (Lipinski definition) is 1. The predicted molar refractivity (Wildman–Crippen MR) is 130 cm³/mol. The van der Waals surface area contributed by atoms with Crippen molar-refractivity contribution >= 4 is 22.6 Å². The lowest BCUT2D eigenvalue weighted by Crippen LogP contribution is -2.36. The van der Waals surface area contributed by atoms with E-state index >= 15 is 0 Å². The van der Waals surface area contributed by atoms with E-state index in [2.05, 4.69) is 4.90 Å². The number of halogens is 1. The van der Waals surface area contributed by atoms with Gasteiger partial charge in [-0.15, -0.1) is 0 Å². The van der Waals surface area contributed by atoms with E-state index in [1.165, 1.54) is 31.9 Å². The molecule has 0 amide bonds. The molecule has 4 rings (SSSR count). The number of aliphatic hydroxyl groups excluding tert-OH is 1. The number of likely N-dealkylation sites (tertiary alicyclic amines) is 1. The third-order valence-electron chi connectivity index (χ3n) is 5.96. The van der Waals surface area contributed by atoms with Crippen molar-refractivity contribution in [2.24, 2.45) is 0 Å². The van der Waals surface area contributed by atoms with Gasteiger partial charge in [0, 0.05) is 17.6 Å². The summed E-state index contributed by atoms with van der Waals surface area (Å²) in [6.07, 6.45) is 5.62. The molecule has 3 aromatic rings. The first kappa shape index (κ1) is 23.6. The molecule has 1 N–H and O–H groups in total. The second kappa shape index (κ2) is 10.6. The first-order chi connectivity index (χ1) is 15.9. The largest absolute Gasteiger partial charge is 0.491 e. The standard InChI is InChI=1S/C26H30ClNO5/c1-17-11-21(12-18(2)25(17)27)33-24-16-32-23-13-20(7-8-22(23)26(24)30)31-15-19(29)14-28-9-5-3-4-6-10-28/h7-8,11-13,16,19,29H,3-6,9-10,14-15H2,1-2H3. The van der Waals surface area contributed by atoms with E-state index in [1.54, 1.807) is 30.3 Å². The molecule has 1 saturated heterocycles. The lowest BCUT2D eigenvalue weighted by atomic mass is 10.1. The molecule has 6 nitrogen and oxygen atoms in total. The minimum atomic E-state index is -0.576. The number of aliphatic hydroxyl groups is 1. The van der Waals surface area contributed by atoms with Gasteiger partial charge in [-0.3, -0.25) is 4.79 Å². The fraction of sp³-hybridized carbons (Fsp3) is 0.423. The van der Waals surface area contributed by atoms with Crippen LogP contribution in [0.25, 0.3) is 11.0 Å². The zero-order valence-electron chi connectivity index (χ0n) is 19.1. The first-order valence-electron chi connectivity index (χ1n) is 11.4. The summed E-state index contributed by atoms with van der Waals surface area (Å²) >= 11 is 6.21. The number of nitrogens with zero attached hydrogens (tertiary/aromatic N) is 1. The zero-order valence-corrected chi connectivity index (χ0v) is 19.9. The van der Waals surface area contributed by atoms with Gasteiger partial charge in [0.1, 0.15) is 36.1 Å². The van der Waals surface area contributed by atoms with Gasteiger partial charge in [-0.25, -0.2) is 0 Å². The van der Waals surface area contributed by atoms with Crippen LogP contribution in [0, 0.1) is 13.8 Å². The van der Waals surface area contributed by atoms with Crippen molar-refractivity contribution in [3.8, 4) is 17.2 Å². The number of ether oxygens (including phenoxy) is 2. The van der Waals surface area contributed by atoms with Gasteiger partial charge in [0.15, 0.2) is 0 Å². The predicted octanol–water partition coefficient (Wildman–Crippen LogP) is 5.47. The molecule has 1 aromatic heterocycles. The maximum Gasteiger partial charge on any atom is 0.235 e. The Hall–Kier alpha value is -2.54. The molecule has 0 spiro atoms. The summed E-state index contributed by atoms with van der Waals surface area (Å²) in [4.78, 5) is 15.2. The second-order valence-corrected chi connectivity index (χ2v) is 9.12. The molecule has 2 heterocycles. The lowest BCUT2D eigenvalue weighted by Gasteiger charge is -2.23. The maximum atomic E-state index is 12.9. The van der Waals surface area contributed by atoms with E-state index in [9.17, 15) is 9.90 Å². The van der Waals surface area contributed by atoms with Gasteiger partial charge < -0.3 is 23.9 Å². The second-order valence-electron chi connectivity index (χ2n) is 8.74. The molecule has 1 unspecified atom stereocenters. The lowest BCUT2D eigenvalue weighted by molar-refractivity contribution is 0.0694. The Balaban J connectivity index is 1.42. The molecule has 7 heteroatoms. The Labute approximate surface area is 198 Å². The molecule has 1 atom stereocenters. The van der Waals surface area contributed by atoms with Crippen LogP contribution in [-0.4, -0.2) is 42.4 Å². The molecule has 0 saturated carbocycles. The van der Waals surface area contributed by atoms with E-state index in [0.29, 0.717) is 34.0 Å². The maximum absolute atomic E-state index is 12.9. The number of β-amino-alcohol motifs (C(OH)–C–C–N with tert-alkyl or cyclic N) is 1. The summed E-state index contributed by atoms with van der Waals surface area (Å²) in [5, 5.41) is 11.5. The third-order valence-corrected chi connectivity index (χ3v) is 6.56. The van der Waals surface area contributed by atoms with Crippen LogP contribution in [0.2, 0.25) is 5.02 Å². The van der Waals surface area contributed by atoms with Gasteiger partial charge in [-0.05, 0) is 75.2 Å². The van der Waals surface area contributed by atoms with Crippen LogP contribution in [0.1, 0.15) is 36.8 Å². The number of aryl methyl sites for hydroxylation is 2. The Morgan fingerprint density at radius 2 is 1.76 bits per heavy atom. The van der Waals surface area contributed by atoms with E-state index in [-0.39, 0.29) is 17.8 Å². The van der Waals surface area contributed by atoms with Crippen molar-refractivity contribution in [3.05, 3.63) is 63.0 Å². The van der Waals surface area contributed by atoms with Crippen molar-refractivity contribution in [1.29, 1.82) is 0 Å². The highest BCUT2D eigenvalue weighted by molar-refractivity contribution is 6.32. The van der Waals surface area contributed by atoms with Gasteiger partial charge in [0.05, 0.1) is 5.39 Å². The highest BCUT2D eigenvalue weighted by Crippen LogP contribution is 2.29. The molecule has 0 radical (unpaired) electrons. The molecule has 1 aliphatic heterocycles. The monoisotopic (exact) mass is 471 g/mol. The Morgan fingerprint density at radius 3 is 2.45 bits per heavy atom. The van der Waals surface area contributed by atoms with Crippen LogP contribution in [-0.2, 0) is 0 Å². The summed E-state index contributed by atoms with van der Waals surface area (Å²) in [7, 11) is 0. The number of benzene rings is 2. The molecule has 33 heavy (non-hydrogen) atoms. The fourth-order valence-electron chi connectivity index (χ4n) is 4.21. The average Bonchev–Trinajstić information content (AvgIpc) is 3.06. The van der Waals surface area contributed by atoms with Gasteiger partial charge in [0.2, 0.25) is 11.2 Å². The molecule has 0 aliphatic carbocycles. The summed E-state index contributed by atoms with van der Waals surface area (Å²) in [6, 6.07) is 8.59. The highest BCUT2D eigenvalue weighted by Gasteiger charge is 2.15. The smallest absolute Gasteiger partial charge is 0.235 e. The fourth-order valence-corrected chi connectivity index (χ4v) is 4.31. The van der Waals surface area contributed by atoms with E-state index < -0.39 is 6.10 Å². The average molecular weight is 472 g/mol. The van der Waals surface area contributed by atoms with E-state index in [0.717, 1.165) is 24.2 Å². The van der Waals surface area contributed by atoms with Crippen LogP contribution in [0.5, 0.6) is 17.2 Å². The Morgan fingerprint density at radius 1 is 1.06 bits per heavy atom. The van der Waals surface area contributed by atoms with Crippen molar-refractivity contribution < 1.29 is 19.0 Å². The van der Waals surface area contributed by atoms with Crippen molar-refractivity contribution in [2.45, 2.75) is 45.6 Å². The summed E-state index contributed by atoms with van der Waals surface area (Å²) in [5.74, 6) is 1.17. The van der Waals surface area contributed by atoms with Crippen molar-refractivity contribution in [2.75, 3.05) is 26.2 Å². The molecule has 2 aromatic carbocycles. The number of fused-ring (bicyclic) bond motifs is 1. The van der Waals surface area contributed by atoms with Gasteiger partial charge >= 0.3 is 0 Å². The molecule has 0 bridgehead atoms. The summed E-state index contributed by atoms with van der Waals surface area (Å²) < 4.78 is 17.2. The van der Waals surface area contributed by atoms with Crippen molar-refractivity contribution in [3.63, 3.8) is 0 Å². The van der Waals surface area contributed by atoms with Crippen LogP contribution < -0.4 is 14.9 Å². The van der Waals surface area contributed by atoms with Gasteiger partial charge in [-0.2, -0.15) is 0 Å². The number of rotatable bonds is 7. The number of hydrogen-bond acceptors (Lipinski definition) is 6. The van der Waals surface area contributed by atoms with Crippen LogP contribution in [0.3, 0.4) is 0 Å². The topological polar surface area (TPSA) is 72.1 Å². The molecule has 1 fully saturated rings. The molecule has 1 aliphatic rings. The first-order valence-corrected chi connectivity index (χ1v) is 11.8. The van der Waals surface area contributed by atoms with Crippen LogP contribution in [0.15, 0.2) is 45.8 Å². The van der Waals surface area contributed by atoms with Crippen LogP contribution >= 0.6 is 11.6 Å². The summed E-state index contributed by atoms with van der Waals surface area (Å²) in [5.41, 5.74) is 1.87. The van der Waals surface area contributed by atoms with E-state index in [4.69, 9.17) is 25.5 Å². The Kier molecular flexibility index (Phi) is 7.58. The minimum Gasteiger partial charge on any atom is -0.491 e. The zero-order chi connectivity index (χ0) is 23.4. The minimum absolute atomic E-state index is 0.102. The van der Waals surface area contributed by atoms with E-state index in [1.807, 2.05) is 13.8 Å². The normalized spacial score (nSPS) is 15.9. The SMILES string of the molecule is Cc1cc(Oc2coc3cc(OCC(O)CN4CCCCCC4)ccc3c2=O)cc(C)c1Cl. The molecular formula is C26H30ClNO5. The Bertz CT molecular complexity index is 1140. The summed E-state index contributed by atoms with van der Waals surface area (Å²) in [6.45, 7) is 6.61.